The van der Waals surface area contributed by atoms with Crippen LogP contribution in [-0.2, 0) is 0 Å². The summed E-state index contributed by atoms with van der Waals surface area (Å²) in [7, 11) is 0. The zero-order valence-electron chi connectivity index (χ0n) is 5.91. The number of rotatable bonds is 0. The maximum Gasteiger partial charge on any atom is 0.268 e. The number of fused-ring (bicyclic) bond motifs is 1. The van der Waals surface area contributed by atoms with Crippen molar-refractivity contribution in [2.24, 2.45) is 0 Å². The van der Waals surface area contributed by atoms with E-state index in [0.717, 1.165) is 4.47 Å². The summed E-state index contributed by atoms with van der Waals surface area (Å²) >= 11 is 3.26. The van der Waals surface area contributed by atoms with Crippen molar-refractivity contribution in [2.45, 2.75) is 0 Å². The van der Waals surface area contributed by atoms with E-state index >= 15 is 0 Å². The van der Waals surface area contributed by atoms with E-state index in [1.54, 1.807) is 12.3 Å². The van der Waals surface area contributed by atoms with E-state index in [9.17, 15) is 4.79 Å². The molecule has 0 fully saturated rings. The van der Waals surface area contributed by atoms with Crippen LogP contribution in [0.15, 0.2) is 27.7 Å². The molecule has 0 radical (unpaired) electrons. The fourth-order valence-corrected chi connectivity index (χ4v) is 1.22. The Bertz CT molecular complexity index is 479. The second kappa shape index (κ2) is 2.67. The van der Waals surface area contributed by atoms with Gasteiger partial charge in [0.15, 0.2) is 5.65 Å². The summed E-state index contributed by atoms with van der Waals surface area (Å²) in [6.45, 7) is 0. The summed E-state index contributed by atoms with van der Waals surface area (Å²) in [6, 6.07) is 1.79. The molecule has 60 valence electrons. The molecule has 0 saturated carbocycles. The Balaban J connectivity index is 2.87. The van der Waals surface area contributed by atoms with E-state index in [2.05, 4.69) is 30.9 Å². The van der Waals surface area contributed by atoms with Crippen LogP contribution in [0.25, 0.3) is 11.2 Å². The molecule has 2 rings (SSSR count). The topological polar surface area (TPSA) is 58.6 Å². The number of nitrogens with one attached hydrogen (secondary N) is 1. The number of hydrogen-bond donors (Lipinski definition) is 1. The smallest absolute Gasteiger partial charge is 0.268 e. The number of hydrogen-bond acceptors (Lipinski definition) is 3. The number of pyridine rings is 1. The highest BCUT2D eigenvalue weighted by molar-refractivity contribution is 9.10. The lowest BCUT2D eigenvalue weighted by Crippen LogP contribution is -2.05. The molecule has 0 amide bonds. The molecule has 0 aromatic carbocycles. The van der Waals surface area contributed by atoms with Gasteiger partial charge in [0.05, 0.1) is 6.20 Å². The van der Waals surface area contributed by atoms with Crippen molar-refractivity contribution in [3.05, 3.63) is 33.3 Å². The number of aromatic nitrogens is 3. The molecule has 1 N–H and O–H groups in total. The highest BCUT2D eigenvalue weighted by atomic mass is 79.9. The van der Waals surface area contributed by atoms with Crippen LogP contribution in [0, 0.1) is 0 Å². The van der Waals surface area contributed by atoms with Gasteiger partial charge >= 0.3 is 0 Å². The Labute approximate surface area is 75.8 Å². The molecule has 0 spiro atoms. The summed E-state index contributed by atoms with van der Waals surface area (Å²) in [5, 5.41) is 0. The van der Waals surface area contributed by atoms with Gasteiger partial charge in [0.1, 0.15) is 5.52 Å². The standard InChI is InChI=1S/C7H4BrN3O/c8-4-1-5-7(10-2-4)11-6(12)3-9-5/h1-3H,(H,10,11,12). The van der Waals surface area contributed by atoms with Crippen molar-refractivity contribution in [1.82, 2.24) is 15.0 Å². The number of aromatic amines is 1. The van der Waals surface area contributed by atoms with Crippen molar-refractivity contribution < 1.29 is 0 Å². The molecule has 2 aromatic heterocycles. The van der Waals surface area contributed by atoms with Gasteiger partial charge in [-0.1, -0.05) is 0 Å². The lowest BCUT2D eigenvalue weighted by Gasteiger charge is -1.94. The molecule has 0 unspecified atom stereocenters. The first-order chi connectivity index (χ1) is 5.75. The van der Waals surface area contributed by atoms with Crippen LogP contribution in [0.1, 0.15) is 0 Å². The third-order valence-electron chi connectivity index (χ3n) is 1.40. The second-order valence-corrected chi connectivity index (χ2v) is 3.18. The normalized spacial score (nSPS) is 10.4. The maximum absolute atomic E-state index is 10.8. The third-order valence-corrected chi connectivity index (χ3v) is 1.83. The summed E-state index contributed by atoms with van der Waals surface area (Å²) in [5.41, 5.74) is 0.937. The Morgan fingerprint density at radius 3 is 3.00 bits per heavy atom. The van der Waals surface area contributed by atoms with E-state index in [4.69, 9.17) is 0 Å². The van der Waals surface area contributed by atoms with Crippen molar-refractivity contribution in [2.75, 3.05) is 0 Å². The Hall–Kier alpha value is -1.23. The van der Waals surface area contributed by atoms with Gasteiger partial charge in [-0.05, 0) is 22.0 Å². The molecular formula is C7H4BrN3O. The minimum Gasteiger partial charge on any atom is -0.304 e. The molecule has 4 nitrogen and oxygen atoms in total. The van der Waals surface area contributed by atoms with Gasteiger partial charge < -0.3 is 4.98 Å². The van der Waals surface area contributed by atoms with Crippen LogP contribution >= 0.6 is 15.9 Å². The maximum atomic E-state index is 10.8. The average Bonchev–Trinajstić information content (AvgIpc) is 2.05. The summed E-state index contributed by atoms with van der Waals surface area (Å²) in [6.07, 6.45) is 2.84. The molecule has 0 atom stereocenters. The number of H-pyrrole nitrogens is 1. The van der Waals surface area contributed by atoms with Crippen molar-refractivity contribution in [3.8, 4) is 0 Å². The van der Waals surface area contributed by atoms with Gasteiger partial charge in [-0.3, -0.25) is 4.79 Å². The summed E-state index contributed by atoms with van der Waals surface area (Å²) in [5.74, 6) is 0. The lowest BCUT2D eigenvalue weighted by atomic mass is 10.4. The van der Waals surface area contributed by atoms with Crippen LogP contribution < -0.4 is 5.56 Å². The fourth-order valence-electron chi connectivity index (χ4n) is 0.900. The van der Waals surface area contributed by atoms with E-state index in [1.165, 1.54) is 6.20 Å². The van der Waals surface area contributed by atoms with Crippen LogP contribution in [-0.4, -0.2) is 15.0 Å². The predicted molar refractivity (Wildman–Crippen MR) is 47.9 cm³/mol. The molecule has 5 heteroatoms. The zero-order chi connectivity index (χ0) is 8.55. The van der Waals surface area contributed by atoms with E-state index in [1.807, 2.05) is 0 Å². The quantitative estimate of drug-likeness (QED) is 0.731. The van der Waals surface area contributed by atoms with Crippen molar-refractivity contribution >= 4 is 27.1 Å². The Morgan fingerprint density at radius 1 is 1.33 bits per heavy atom. The molecular weight excluding hydrogens is 222 g/mol. The van der Waals surface area contributed by atoms with Gasteiger partial charge in [0.25, 0.3) is 5.56 Å². The van der Waals surface area contributed by atoms with Gasteiger partial charge in [-0.25, -0.2) is 9.97 Å². The molecule has 0 bridgehead atoms. The number of nitrogens with zero attached hydrogens (tertiary/aromatic N) is 2. The molecule has 0 aliphatic heterocycles. The SMILES string of the molecule is O=c1cnc2cc(Br)cnc2[nH]1. The Kier molecular flexibility index (Phi) is 1.65. The van der Waals surface area contributed by atoms with E-state index in [0.29, 0.717) is 11.2 Å². The fraction of sp³-hybridized carbons (Fsp3) is 0. The molecule has 0 aliphatic rings. The highest BCUT2D eigenvalue weighted by Crippen LogP contribution is 2.11. The van der Waals surface area contributed by atoms with Gasteiger partial charge in [-0.15, -0.1) is 0 Å². The van der Waals surface area contributed by atoms with E-state index in [-0.39, 0.29) is 5.56 Å². The highest BCUT2D eigenvalue weighted by Gasteiger charge is 1.96. The van der Waals surface area contributed by atoms with Gasteiger partial charge in [0.2, 0.25) is 0 Å². The minimum atomic E-state index is -0.239. The average molecular weight is 226 g/mol. The van der Waals surface area contributed by atoms with Crippen molar-refractivity contribution in [1.29, 1.82) is 0 Å². The third kappa shape index (κ3) is 1.23. The first-order valence-corrected chi connectivity index (χ1v) is 4.05. The molecule has 0 aliphatic carbocycles. The van der Waals surface area contributed by atoms with Crippen LogP contribution in [0.3, 0.4) is 0 Å². The zero-order valence-corrected chi connectivity index (χ0v) is 7.50. The van der Waals surface area contributed by atoms with Gasteiger partial charge in [0, 0.05) is 10.7 Å². The van der Waals surface area contributed by atoms with Gasteiger partial charge in [-0.2, -0.15) is 0 Å². The largest absolute Gasteiger partial charge is 0.304 e. The summed E-state index contributed by atoms with van der Waals surface area (Å²) < 4.78 is 0.842. The summed E-state index contributed by atoms with van der Waals surface area (Å²) in [4.78, 5) is 21.2. The van der Waals surface area contributed by atoms with Crippen LogP contribution in [0.5, 0.6) is 0 Å². The lowest BCUT2D eigenvalue weighted by molar-refractivity contribution is 1.16. The predicted octanol–water partition coefficient (Wildman–Crippen LogP) is 1.08. The number of halogens is 1. The molecule has 2 heterocycles. The second-order valence-electron chi connectivity index (χ2n) is 2.27. The molecule has 12 heavy (non-hydrogen) atoms. The molecule has 0 saturated heterocycles. The van der Waals surface area contributed by atoms with Crippen LogP contribution in [0.4, 0.5) is 0 Å². The van der Waals surface area contributed by atoms with E-state index < -0.39 is 0 Å². The van der Waals surface area contributed by atoms with Crippen molar-refractivity contribution in [3.63, 3.8) is 0 Å². The minimum absolute atomic E-state index is 0.239. The van der Waals surface area contributed by atoms with Crippen LogP contribution in [0.2, 0.25) is 0 Å². The monoisotopic (exact) mass is 225 g/mol. The molecule has 2 aromatic rings. The first-order valence-electron chi connectivity index (χ1n) is 3.26. The first kappa shape index (κ1) is 7.42. The Morgan fingerprint density at radius 2 is 2.17 bits per heavy atom.